The summed E-state index contributed by atoms with van der Waals surface area (Å²) in [6.45, 7) is 37.0. The zero-order chi connectivity index (χ0) is 53.4. The first-order valence-corrected chi connectivity index (χ1v) is 29.6. The molecular weight excluding hydrogens is 936 g/mol. The molecule has 3 aliphatic carbocycles. The number of fused-ring (bicyclic) bond motifs is 9. The molecule has 76 heavy (non-hydrogen) atoms. The summed E-state index contributed by atoms with van der Waals surface area (Å²) >= 11 is 2.07. The monoisotopic (exact) mass is 1010 g/mol. The van der Waals surface area contributed by atoms with Gasteiger partial charge in [-0.25, -0.2) is 0 Å². The zero-order valence-corrected chi connectivity index (χ0v) is 49.1. The molecule has 0 amide bonds. The molecule has 0 bridgehead atoms. The third-order valence-electron chi connectivity index (χ3n) is 20.4. The number of anilines is 6. The van der Waals surface area contributed by atoms with Gasteiger partial charge in [-0.2, -0.15) is 0 Å². The molecule has 0 unspecified atom stereocenters. The standard InChI is InChI=1S/C72H79BN2S/c1-44-36-60-63-61(37-44)75(59-42-55-53(68(6,7)32-34-70(55,10)11)40-49(59)45-22-18-16-19-23-45)58-29-26-47(72(14,15)46-24-20-17-21-25-46)38-57(58)73(63)65-64(50-41-54-56(43-62(50)76-65)71(12,13)35-33-69(54,8)9)74(60)48-27-28-51-52(39-48)67(4,5)31-30-66(51,2)3/h16-29,36-43H,30-35H2,1-15H3. The van der Waals surface area contributed by atoms with Crippen LogP contribution in [-0.2, 0) is 37.9 Å². The minimum Gasteiger partial charge on any atom is -0.311 e. The summed E-state index contributed by atoms with van der Waals surface area (Å²) in [5, 5.41) is 1.39. The van der Waals surface area contributed by atoms with E-state index in [1.54, 1.807) is 0 Å². The minimum absolute atomic E-state index is 0.00579. The van der Waals surface area contributed by atoms with Crippen molar-refractivity contribution in [1.29, 1.82) is 0 Å². The number of benzene rings is 7. The van der Waals surface area contributed by atoms with Crippen LogP contribution in [0.2, 0.25) is 0 Å². The molecule has 1 aromatic heterocycles. The van der Waals surface area contributed by atoms with Crippen molar-refractivity contribution in [2.45, 2.75) is 180 Å². The SMILES string of the molecule is Cc1cc2c3c(c1)N(c1ccc4c(c1)C(C)(C)CCC4(C)C)c1c(sc4cc5c(cc14)C(C)(C)CCC5(C)C)B3c1cc(C(C)(C)c3ccccc3)ccc1N2c1cc2c(cc1-c1ccccc1)C(C)(C)CCC2(C)C. The van der Waals surface area contributed by atoms with Crippen LogP contribution in [0.25, 0.3) is 21.2 Å². The fourth-order valence-electron chi connectivity index (χ4n) is 15.0. The molecule has 0 fully saturated rings. The molecule has 8 aromatic rings. The largest absolute Gasteiger partial charge is 0.311 e. The van der Waals surface area contributed by atoms with Gasteiger partial charge in [0.25, 0.3) is 6.71 Å². The first kappa shape index (κ1) is 49.7. The highest BCUT2D eigenvalue weighted by Gasteiger charge is 2.49. The summed E-state index contributed by atoms with van der Waals surface area (Å²) in [7, 11) is 0. The predicted molar refractivity (Wildman–Crippen MR) is 330 cm³/mol. The lowest BCUT2D eigenvalue weighted by Gasteiger charge is -2.46. The lowest BCUT2D eigenvalue weighted by atomic mass is 9.36. The molecule has 0 radical (unpaired) electrons. The van der Waals surface area contributed by atoms with Crippen molar-refractivity contribution in [2.24, 2.45) is 0 Å². The number of hydrogen-bond donors (Lipinski definition) is 0. The molecule has 3 heterocycles. The second-order valence-corrected chi connectivity index (χ2v) is 29.7. The average Bonchev–Trinajstić information content (AvgIpc) is 3.78. The van der Waals surface area contributed by atoms with Gasteiger partial charge >= 0.3 is 0 Å². The predicted octanol–water partition coefficient (Wildman–Crippen LogP) is 18.3. The highest BCUT2D eigenvalue weighted by atomic mass is 32.1. The minimum atomic E-state index is -0.238. The highest BCUT2D eigenvalue weighted by Crippen LogP contribution is 2.57. The van der Waals surface area contributed by atoms with Gasteiger partial charge < -0.3 is 9.80 Å². The smallest absolute Gasteiger partial charge is 0.264 e. The van der Waals surface area contributed by atoms with Gasteiger partial charge in [0.1, 0.15) is 0 Å². The summed E-state index contributed by atoms with van der Waals surface area (Å²) in [4.78, 5) is 5.50. The van der Waals surface area contributed by atoms with E-state index < -0.39 is 0 Å². The molecule has 0 N–H and O–H groups in total. The Morgan fingerprint density at radius 2 is 0.961 bits per heavy atom. The molecule has 7 aromatic carbocycles. The summed E-state index contributed by atoms with van der Waals surface area (Å²) in [5.41, 5.74) is 26.3. The van der Waals surface area contributed by atoms with E-state index >= 15 is 0 Å². The van der Waals surface area contributed by atoms with Gasteiger partial charge in [0.05, 0.1) is 11.4 Å². The van der Waals surface area contributed by atoms with E-state index in [0.29, 0.717) is 0 Å². The van der Waals surface area contributed by atoms with Gasteiger partial charge in [-0.1, -0.05) is 176 Å². The lowest BCUT2D eigenvalue weighted by Crippen LogP contribution is -2.60. The molecule has 4 heteroatoms. The molecule has 0 spiro atoms. The van der Waals surface area contributed by atoms with Crippen molar-refractivity contribution < 1.29 is 0 Å². The molecule has 0 saturated carbocycles. The van der Waals surface area contributed by atoms with Crippen molar-refractivity contribution in [1.82, 2.24) is 0 Å². The Morgan fingerprint density at radius 3 is 1.57 bits per heavy atom. The second-order valence-electron chi connectivity index (χ2n) is 28.6. The van der Waals surface area contributed by atoms with Crippen LogP contribution in [0.4, 0.5) is 34.1 Å². The number of nitrogens with zero attached hydrogens (tertiary/aromatic N) is 2. The molecule has 2 nitrogen and oxygen atoms in total. The zero-order valence-electron chi connectivity index (χ0n) is 48.3. The Morgan fingerprint density at radius 1 is 0.447 bits per heavy atom. The van der Waals surface area contributed by atoms with Gasteiger partial charge in [0.15, 0.2) is 0 Å². The Labute approximate surface area is 460 Å². The topological polar surface area (TPSA) is 6.48 Å². The van der Waals surface area contributed by atoms with Crippen molar-refractivity contribution >= 4 is 78.0 Å². The first-order valence-electron chi connectivity index (χ1n) is 28.7. The van der Waals surface area contributed by atoms with E-state index in [-0.39, 0.29) is 44.6 Å². The third-order valence-corrected chi connectivity index (χ3v) is 21.6. The van der Waals surface area contributed by atoms with Crippen molar-refractivity contribution in [3.05, 3.63) is 184 Å². The normalized spacial score (nSPS) is 19.8. The number of rotatable bonds is 5. The summed E-state index contributed by atoms with van der Waals surface area (Å²) < 4.78 is 2.86. The Balaban J connectivity index is 1.17. The van der Waals surface area contributed by atoms with Crippen molar-refractivity contribution in [3.8, 4) is 11.1 Å². The van der Waals surface area contributed by atoms with Crippen LogP contribution in [0, 0.1) is 6.92 Å². The Kier molecular flexibility index (Phi) is 10.7. The molecular formula is C72H79BN2S. The molecule has 13 rings (SSSR count). The fraction of sp³-hybridized carbons (Fsp3) is 0.389. The van der Waals surface area contributed by atoms with E-state index in [1.165, 1.54) is 153 Å². The summed E-state index contributed by atoms with van der Waals surface area (Å²) in [6, 6.07) is 53.4. The van der Waals surface area contributed by atoms with Gasteiger partial charge in [-0.3, -0.25) is 0 Å². The number of thiophene rings is 1. The maximum absolute atomic E-state index is 2.76. The Hall–Kier alpha value is -5.84. The number of hydrogen-bond acceptors (Lipinski definition) is 3. The van der Waals surface area contributed by atoms with Crippen LogP contribution in [0.3, 0.4) is 0 Å². The van der Waals surface area contributed by atoms with Gasteiger partial charge in [0, 0.05) is 48.6 Å². The molecule has 5 aliphatic rings. The highest BCUT2D eigenvalue weighted by molar-refractivity contribution is 7.33. The van der Waals surface area contributed by atoms with Gasteiger partial charge in [0.2, 0.25) is 0 Å². The summed E-state index contributed by atoms with van der Waals surface area (Å²) in [5.74, 6) is 0. The van der Waals surface area contributed by atoms with E-state index in [0.717, 1.165) is 6.42 Å². The maximum Gasteiger partial charge on any atom is 0.264 e. The Bertz CT molecular complexity index is 3710. The van der Waals surface area contributed by atoms with Crippen LogP contribution < -0.4 is 25.5 Å². The van der Waals surface area contributed by atoms with Gasteiger partial charge in [-0.15, -0.1) is 11.3 Å². The van der Waals surface area contributed by atoms with E-state index in [2.05, 4.69) is 258 Å². The van der Waals surface area contributed by atoms with E-state index in [4.69, 9.17) is 0 Å². The molecule has 0 saturated heterocycles. The maximum atomic E-state index is 2.76. The molecule has 0 atom stereocenters. The number of aryl methyl sites for hydroxylation is 1. The van der Waals surface area contributed by atoms with Crippen LogP contribution in [0.15, 0.2) is 133 Å². The average molecular weight is 1020 g/mol. The van der Waals surface area contributed by atoms with Crippen LogP contribution in [0.1, 0.15) is 186 Å². The van der Waals surface area contributed by atoms with Crippen LogP contribution >= 0.6 is 11.3 Å². The molecule has 386 valence electrons. The molecule has 2 aliphatic heterocycles. The van der Waals surface area contributed by atoms with Gasteiger partial charge in [-0.05, 0) is 199 Å². The first-order chi connectivity index (χ1) is 35.8. The van der Waals surface area contributed by atoms with Crippen molar-refractivity contribution in [2.75, 3.05) is 9.80 Å². The van der Waals surface area contributed by atoms with Crippen LogP contribution in [0.5, 0.6) is 0 Å². The van der Waals surface area contributed by atoms with Crippen LogP contribution in [-0.4, -0.2) is 6.71 Å². The third kappa shape index (κ3) is 7.31. The van der Waals surface area contributed by atoms with E-state index in [9.17, 15) is 0 Å². The van der Waals surface area contributed by atoms with E-state index in [1.807, 2.05) is 0 Å². The summed E-state index contributed by atoms with van der Waals surface area (Å²) in [6.07, 6.45) is 7.07. The second kappa shape index (κ2) is 16.4. The quantitative estimate of drug-likeness (QED) is 0.159. The fourth-order valence-corrected chi connectivity index (χ4v) is 16.3. The van der Waals surface area contributed by atoms with Crippen molar-refractivity contribution in [3.63, 3.8) is 0 Å². The lowest BCUT2D eigenvalue weighted by molar-refractivity contribution is 0.332.